The molecule has 1 heterocycles. The highest BCUT2D eigenvalue weighted by Gasteiger charge is 2.30. The summed E-state index contributed by atoms with van der Waals surface area (Å²) in [6.07, 6.45) is 1.60. The maximum Gasteiger partial charge on any atom is 0.328 e. The van der Waals surface area contributed by atoms with E-state index in [1.165, 1.54) is 18.2 Å². The standard InChI is InChI=1S/C12H8ClNO5/c13-12-11(18)7-2-1-6(5-8(7)19-12)14-9(15)3-4-10(16)17/h1-5,12H,(H,14,15)(H,16,17). The number of amides is 1. The fraction of sp³-hybridized carbons (Fsp3) is 0.0833. The van der Waals surface area contributed by atoms with Gasteiger partial charge < -0.3 is 15.2 Å². The number of halogens is 1. The number of carboxylic acids is 1. The van der Waals surface area contributed by atoms with Gasteiger partial charge in [0.1, 0.15) is 5.75 Å². The molecule has 0 aromatic heterocycles. The second-order valence-electron chi connectivity index (χ2n) is 3.67. The number of anilines is 1. The number of carboxylic acid groups (broad SMARTS) is 1. The molecule has 0 fully saturated rings. The minimum absolute atomic E-state index is 0.282. The quantitative estimate of drug-likeness (QED) is 0.645. The third-order valence-corrected chi connectivity index (χ3v) is 2.62. The molecular weight excluding hydrogens is 274 g/mol. The number of ether oxygens (including phenoxy) is 1. The van der Waals surface area contributed by atoms with Crippen LogP contribution in [0.4, 0.5) is 5.69 Å². The monoisotopic (exact) mass is 281 g/mol. The van der Waals surface area contributed by atoms with E-state index in [1.807, 2.05) is 0 Å². The molecule has 7 heteroatoms. The number of rotatable bonds is 3. The molecule has 1 aromatic carbocycles. The molecule has 1 amide bonds. The summed E-state index contributed by atoms with van der Waals surface area (Å²) >= 11 is 5.64. The number of nitrogens with one attached hydrogen (secondary N) is 1. The van der Waals surface area contributed by atoms with E-state index in [4.69, 9.17) is 21.4 Å². The second kappa shape index (κ2) is 5.11. The van der Waals surface area contributed by atoms with Gasteiger partial charge in [-0.05, 0) is 12.1 Å². The number of hydrogen-bond donors (Lipinski definition) is 2. The molecule has 2 N–H and O–H groups in total. The van der Waals surface area contributed by atoms with Crippen molar-refractivity contribution in [1.82, 2.24) is 0 Å². The zero-order chi connectivity index (χ0) is 14.0. The molecular formula is C12H8ClNO5. The molecule has 1 aromatic rings. The molecule has 0 aliphatic carbocycles. The fourth-order valence-electron chi connectivity index (χ4n) is 1.52. The topological polar surface area (TPSA) is 92.7 Å². The van der Waals surface area contributed by atoms with E-state index >= 15 is 0 Å². The van der Waals surface area contributed by atoms with Gasteiger partial charge in [0.15, 0.2) is 0 Å². The fourth-order valence-corrected chi connectivity index (χ4v) is 1.73. The van der Waals surface area contributed by atoms with Crippen LogP contribution in [-0.2, 0) is 9.59 Å². The average Bonchev–Trinajstić information content (AvgIpc) is 2.62. The van der Waals surface area contributed by atoms with E-state index < -0.39 is 17.4 Å². The molecule has 0 saturated heterocycles. The van der Waals surface area contributed by atoms with Crippen molar-refractivity contribution in [1.29, 1.82) is 0 Å². The van der Waals surface area contributed by atoms with Crippen molar-refractivity contribution in [2.24, 2.45) is 0 Å². The van der Waals surface area contributed by atoms with Gasteiger partial charge in [-0.1, -0.05) is 11.6 Å². The van der Waals surface area contributed by atoms with Crippen molar-refractivity contribution >= 4 is 34.9 Å². The molecule has 6 nitrogen and oxygen atoms in total. The third kappa shape index (κ3) is 2.92. The third-order valence-electron chi connectivity index (χ3n) is 2.33. The molecule has 1 aliphatic rings. The van der Waals surface area contributed by atoms with Gasteiger partial charge in [0, 0.05) is 23.9 Å². The summed E-state index contributed by atoms with van der Waals surface area (Å²) in [6.45, 7) is 0. The van der Waals surface area contributed by atoms with Crippen LogP contribution in [0.15, 0.2) is 30.4 Å². The molecule has 98 valence electrons. The number of aliphatic carboxylic acids is 1. The van der Waals surface area contributed by atoms with E-state index in [2.05, 4.69) is 5.32 Å². The Balaban J connectivity index is 2.12. The van der Waals surface area contributed by atoms with Crippen molar-refractivity contribution in [2.45, 2.75) is 5.56 Å². The smallest absolute Gasteiger partial charge is 0.328 e. The number of alkyl halides is 1. The lowest BCUT2D eigenvalue weighted by atomic mass is 10.1. The van der Waals surface area contributed by atoms with Crippen LogP contribution in [0.5, 0.6) is 5.75 Å². The SMILES string of the molecule is O=C(O)C=CC(=O)Nc1ccc2c(c1)OC(Cl)C2=O. The number of Topliss-reactive ketones (excluding diaryl/α,β-unsaturated/α-hetero) is 1. The van der Waals surface area contributed by atoms with Gasteiger partial charge in [-0.25, -0.2) is 4.79 Å². The second-order valence-corrected chi connectivity index (χ2v) is 4.07. The van der Waals surface area contributed by atoms with Gasteiger partial charge in [0.25, 0.3) is 0 Å². The van der Waals surface area contributed by atoms with Crippen molar-refractivity contribution in [3.05, 3.63) is 35.9 Å². The minimum Gasteiger partial charge on any atom is -0.478 e. The first-order valence-corrected chi connectivity index (χ1v) is 5.62. The first-order valence-electron chi connectivity index (χ1n) is 5.18. The van der Waals surface area contributed by atoms with Gasteiger partial charge in [0.05, 0.1) is 5.56 Å². The maximum absolute atomic E-state index is 11.5. The Morgan fingerprint density at radius 3 is 2.79 bits per heavy atom. The lowest BCUT2D eigenvalue weighted by Gasteiger charge is -2.04. The van der Waals surface area contributed by atoms with Crippen LogP contribution >= 0.6 is 11.6 Å². The molecule has 19 heavy (non-hydrogen) atoms. The van der Waals surface area contributed by atoms with Gasteiger partial charge in [-0.15, -0.1) is 0 Å². The van der Waals surface area contributed by atoms with Crippen LogP contribution in [0.25, 0.3) is 0 Å². The summed E-state index contributed by atoms with van der Waals surface area (Å²) in [7, 11) is 0. The highest BCUT2D eigenvalue weighted by molar-refractivity contribution is 6.34. The predicted molar refractivity (Wildman–Crippen MR) is 66.4 cm³/mol. The Bertz CT molecular complexity index is 596. The number of benzene rings is 1. The molecule has 1 unspecified atom stereocenters. The van der Waals surface area contributed by atoms with E-state index in [0.717, 1.165) is 12.2 Å². The zero-order valence-electron chi connectivity index (χ0n) is 9.42. The Morgan fingerprint density at radius 1 is 1.37 bits per heavy atom. The van der Waals surface area contributed by atoms with E-state index in [0.29, 0.717) is 11.3 Å². The van der Waals surface area contributed by atoms with Crippen LogP contribution in [0.1, 0.15) is 10.4 Å². The number of fused-ring (bicyclic) bond motifs is 1. The Labute approximate surface area is 112 Å². The lowest BCUT2D eigenvalue weighted by Crippen LogP contribution is -2.11. The van der Waals surface area contributed by atoms with Crippen molar-refractivity contribution in [2.75, 3.05) is 5.32 Å². The van der Waals surface area contributed by atoms with Gasteiger partial charge in [0.2, 0.25) is 17.3 Å². The van der Waals surface area contributed by atoms with Crippen LogP contribution in [0.3, 0.4) is 0 Å². The van der Waals surface area contributed by atoms with Crippen LogP contribution in [0, 0.1) is 0 Å². The first-order chi connectivity index (χ1) is 8.97. The van der Waals surface area contributed by atoms with Gasteiger partial charge >= 0.3 is 5.97 Å². The average molecular weight is 282 g/mol. The molecule has 0 radical (unpaired) electrons. The lowest BCUT2D eigenvalue weighted by molar-refractivity contribution is -0.131. The maximum atomic E-state index is 11.5. The van der Waals surface area contributed by atoms with Crippen LogP contribution in [-0.4, -0.2) is 28.3 Å². The molecule has 2 rings (SSSR count). The van der Waals surface area contributed by atoms with E-state index in [9.17, 15) is 14.4 Å². The molecule has 0 bridgehead atoms. The van der Waals surface area contributed by atoms with Gasteiger partial charge in [-0.2, -0.15) is 0 Å². The Kier molecular flexibility index (Phi) is 3.52. The Morgan fingerprint density at radius 2 is 2.11 bits per heavy atom. The van der Waals surface area contributed by atoms with Crippen molar-refractivity contribution in [3.63, 3.8) is 0 Å². The summed E-state index contributed by atoms with van der Waals surface area (Å²) in [6, 6.07) is 4.43. The summed E-state index contributed by atoms with van der Waals surface area (Å²) in [5.74, 6) is -1.87. The molecule has 0 spiro atoms. The van der Waals surface area contributed by atoms with Crippen molar-refractivity contribution in [3.8, 4) is 5.75 Å². The Hall–Kier alpha value is -2.34. The highest BCUT2D eigenvalue weighted by Crippen LogP contribution is 2.32. The first kappa shape index (κ1) is 13.1. The largest absolute Gasteiger partial charge is 0.478 e. The summed E-state index contributed by atoms with van der Waals surface area (Å²) < 4.78 is 5.09. The minimum atomic E-state index is -1.22. The van der Waals surface area contributed by atoms with E-state index in [-0.39, 0.29) is 11.5 Å². The zero-order valence-corrected chi connectivity index (χ0v) is 10.2. The van der Waals surface area contributed by atoms with Crippen molar-refractivity contribution < 1.29 is 24.2 Å². The highest BCUT2D eigenvalue weighted by atomic mass is 35.5. The number of carbonyl (C=O) groups excluding carboxylic acids is 2. The molecule has 1 atom stereocenters. The van der Waals surface area contributed by atoms with Crippen LogP contribution < -0.4 is 10.1 Å². The van der Waals surface area contributed by atoms with Gasteiger partial charge in [-0.3, -0.25) is 9.59 Å². The number of ketones is 1. The van der Waals surface area contributed by atoms with Crippen LogP contribution in [0.2, 0.25) is 0 Å². The summed E-state index contributed by atoms with van der Waals surface area (Å²) in [5.41, 5.74) is -0.329. The number of hydrogen-bond acceptors (Lipinski definition) is 4. The molecule has 1 aliphatic heterocycles. The summed E-state index contributed by atoms with van der Waals surface area (Å²) in [4.78, 5) is 33.1. The number of carbonyl (C=O) groups is 3. The summed E-state index contributed by atoms with van der Waals surface area (Å²) in [5, 5.41) is 10.8. The molecule has 0 saturated carbocycles. The predicted octanol–water partition coefficient (Wildman–Crippen LogP) is 1.41. The van der Waals surface area contributed by atoms with E-state index in [1.54, 1.807) is 0 Å². The normalized spacial score (nSPS) is 17.1.